The molecular formula is C13H14N4OS. The summed E-state index contributed by atoms with van der Waals surface area (Å²) in [5, 5.41) is 8.17. The monoisotopic (exact) mass is 274 g/mol. The minimum atomic E-state index is 0.157. The van der Waals surface area contributed by atoms with Crippen molar-refractivity contribution in [3.8, 4) is 0 Å². The molecule has 5 nitrogen and oxygen atoms in total. The Balaban J connectivity index is 1.71. The molecule has 1 unspecified atom stereocenters. The van der Waals surface area contributed by atoms with Crippen molar-refractivity contribution >= 4 is 21.6 Å². The molecule has 1 N–H and O–H groups in total. The molecule has 0 aliphatic rings. The summed E-state index contributed by atoms with van der Waals surface area (Å²) in [6, 6.07) is 8.31. The first kappa shape index (κ1) is 12.3. The van der Waals surface area contributed by atoms with Gasteiger partial charge in [0, 0.05) is 0 Å². The number of para-hydroxylation sites is 1. The zero-order chi connectivity index (χ0) is 13.2. The first-order chi connectivity index (χ1) is 9.22. The summed E-state index contributed by atoms with van der Waals surface area (Å²) < 4.78 is 6.28. The Bertz CT molecular complexity index is 658. The molecular weight excluding hydrogens is 260 g/mol. The number of hydrogen-bond acceptors (Lipinski definition) is 6. The highest BCUT2D eigenvalue weighted by molar-refractivity contribution is 7.18. The van der Waals surface area contributed by atoms with Gasteiger partial charge in [-0.3, -0.25) is 5.32 Å². The molecule has 19 heavy (non-hydrogen) atoms. The Hall–Kier alpha value is -1.79. The van der Waals surface area contributed by atoms with E-state index in [1.54, 1.807) is 11.3 Å². The third kappa shape index (κ3) is 2.64. The Labute approximate surface area is 114 Å². The third-order valence-electron chi connectivity index (χ3n) is 2.81. The number of fused-ring (bicyclic) bond motifs is 1. The lowest BCUT2D eigenvalue weighted by Crippen LogP contribution is -2.18. The Morgan fingerprint density at radius 1 is 1.32 bits per heavy atom. The number of hydrogen-bond donors (Lipinski definition) is 1. The van der Waals surface area contributed by atoms with Gasteiger partial charge in [0.05, 0.1) is 22.8 Å². The molecule has 0 aliphatic carbocycles. The average molecular weight is 274 g/mol. The minimum absolute atomic E-state index is 0.157. The summed E-state index contributed by atoms with van der Waals surface area (Å²) in [5.74, 6) is 1.26. The number of aromatic nitrogens is 3. The van der Waals surface area contributed by atoms with E-state index < -0.39 is 0 Å². The van der Waals surface area contributed by atoms with Gasteiger partial charge in [0.15, 0.2) is 5.82 Å². The second-order valence-electron chi connectivity index (χ2n) is 4.36. The van der Waals surface area contributed by atoms with Crippen molar-refractivity contribution in [1.29, 1.82) is 0 Å². The van der Waals surface area contributed by atoms with Gasteiger partial charge in [-0.15, -0.1) is 11.3 Å². The van der Waals surface area contributed by atoms with Gasteiger partial charge in [0.25, 0.3) is 0 Å². The van der Waals surface area contributed by atoms with Gasteiger partial charge in [0.2, 0.25) is 5.89 Å². The van der Waals surface area contributed by atoms with E-state index >= 15 is 0 Å². The van der Waals surface area contributed by atoms with Gasteiger partial charge < -0.3 is 4.52 Å². The van der Waals surface area contributed by atoms with Crippen molar-refractivity contribution in [3.63, 3.8) is 0 Å². The van der Waals surface area contributed by atoms with E-state index in [2.05, 4.69) is 33.4 Å². The first-order valence-corrected chi connectivity index (χ1v) is 6.92. The number of rotatable bonds is 4. The highest BCUT2D eigenvalue weighted by Gasteiger charge is 2.12. The van der Waals surface area contributed by atoms with E-state index in [1.165, 1.54) is 4.70 Å². The fourth-order valence-corrected chi connectivity index (χ4v) is 2.81. The molecule has 0 bridgehead atoms. The quantitative estimate of drug-likeness (QED) is 0.792. The fraction of sp³-hybridized carbons (Fsp3) is 0.308. The minimum Gasteiger partial charge on any atom is -0.338 e. The SMILES string of the molecule is Cc1noc(CNC(C)c2nc3ccccc3s2)n1. The van der Waals surface area contributed by atoms with E-state index in [-0.39, 0.29) is 6.04 Å². The van der Waals surface area contributed by atoms with Crippen LogP contribution in [0.2, 0.25) is 0 Å². The molecule has 3 rings (SSSR count). The van der Waals surface area contributed by atoms with Crippen LogP contribution in [0, 0.1) is 6.92 Å². The van der Waals surface area contributed by atoms with Crippen LogP contribution in [0.5, 0.6) is 0 Å². The Kier molecular flexibility index (Phi) is 3.27. The summed E-state index contributed by atoms with van der Waals surface area (Å²) in [6.45, 7) is 4.45. The van der Waals surface area contributed by atoms with Crippen molar-refractivity contribution in [2.45, 2.75) is 26.4 Å². The highest BCUT2D eigenvalue weighted by atomic mass is 32.1. The molecule has 0 saturated heterocycles. The smallest absolute Gasteiger partial charge is 0.240 e. The van der Waals surface area contributed by atoms with Gasteiger partial charge in [0.1, 0.15) is 5.01 Å². The number of aryl methyl sites for hydroxylation is 1. The van der Waals surface area contributed by atoms with E-state index in [4.69, 9.17) is 4.52 Å². The van der Waals surface area contributed by atoms with Crippen molar-refractivity contribution < 1.29 is 4.52 Å². The molecule has 98 valence electrons. The molecule has 0 saturated carbocycles. The molecule has 6 heteroatoms. The van der Waals surface area contributed by atoms with Crippen molar-refractivity contribution in [1.82, 2.24) is 20.4 Å². The maximum absolute atomic E-state index is 5.07. The second kappa shape index (κ2) is 5.07. The van der Waals surface area contributed by atoms with E-state index in [1.807, 2.05) is 25.1 Å². The van der Waals surface area contributed by atoms with Gasteiger partial charge in [-0.2, -0.15) is 4.98 Å². The summed E-state index contributed by atoms with van der Waals surface area (Å²) in [7, 11) is 0. The van der Waals surface area contributed by atoms with Crippen LogP contribution in [-0.4, -0.2) is 15.1 Å². The van der Waals surface area contributed by atoms with Crippen molar-refractivity contribution in [3.05, 3.63) is 41.0 Å². The summed E-state index contributed by atoms with van der Waals surface area (Å²) in [5.41, 5.74) is 1.05. The summed E-state index contributed by atoms with van der Waals surface area (Å²) in [6.07, 6.45) is 0. The number of nitrogens with one attached hydrogen (secondary N) is 1. The Morgan fingerprint density at radius 2 is 2.16 bits per heavy atom. The fourth-order valence-electron chi connectivity index (χ4n) is 1.81. The van der Waals surface area contributed by atoms with Crippen LogP contribution in [0.3, 0.4) is 0 Å². The average Bonchev–Trinajstić information content (AvgIpc) is 3.01. The zero-order valence-electron chi connectivity index (χ0n) is 10.8. The molecule has 0 radical (unpaired) electrons. The lowest BCUT2D eigenvalue weighted by atomic mass is 10.3. The normalized spacial score (nSPS) is 12.9. The number of thiazole rings is 1. The predicted octanol–water partition coefficient (Wildman–Crippen LogP) is 2.84. The molecule has 2 aromatic heterocycles. The van der Waals surface area contributed by atoms with Crippen LogP contribution >= 0.6 is 11.3 Å². The van der Waals surface area contributed by atoms with Gasteiger partial charge in [-0.1, -0.05) is 17.3 Å². The molecule has 2 heterocycles. The molecule has 0 aliphatic heterocycles. The van der Waals surface area contributed by atoms with Crippen molar-refractivity contribution in [2.24, 2.45) is 0 Å². The second-order valence-corrected chi connectivity index (χ2v) is 5.42. The predicted molar refractivity (Wildman–Crippen MR) is 73.9 cm³/mol. The van der Waals surface area contributed by atoms with Crippen LogP contribution in [0.4, 0.5) is 0 Å². The van der Waals surface area contributed by atoms with Crippen LogP contribution in [0.1, 0.15) is 29.7 Å². The van der Waals surface area contributed by atoms with Gasteiger partial charge in [-0.05, 0) is 26.0 Å². The maximum Gasteiger partial charge on any atom is 0.240 e. The summed E-state index contributed by atoms with van der Waals surface area (Å²) >= 11 is 1.71. The molecule has 0 amide bonds. The van der Waals surface area contributed by atoms with Crippen molar-refractivity contribution in [2.75, 3.05) is 0 Å². The molecule has 0 fully saturated rings. The van der Waals surface area contributed by atoms with Crippen LogP contribution in [-0.2, 0) is 6.54 Å². The van der Waals surface area contributed by atoms with Crippen LogP contribution in [0.15, 0.2) is 28.8 Å². The van der Waals surface area contributed by atoms with E-state index in [9.17, 15) is 0 Å². The molecule has 3 aromatic rings. The zero-order valence-corrected chi connectivity index (χ0v) is 11.6. The van der Waals surface area contributed by atoms with Gasteiger partial charge in [-0.25, -0.2) is 4.98 Å². The number of nitrogens with zero attached hydrogens (tertiary/aromatic N) is 3. The maximum atomic E-state index is 5.07. The summed E-state index contributed by atoms with van der Waals surface area (Å²) in [4.78, 5) is 8.78. The van der Waals surface area contributed by atoms with E-state index in [0.29, 0.717) is 18.3 Å². The molecule has 0 spiro atoms. The van der Waals surface area contributed by atoms with E-state index in [0.717, 1.165) is 10.5 Å². The lowest BCUT2D eigenvalue weighted by Gasteiger charge is -2.08. The highest BCUT2D eigenvalue weighted by Crippen LogP contribution is 2.26. The van der Waals surface area contributed by atoms with Crippen LogP contribution < -0.4 is 5.32 Å². The lowest BCUT2D eigenvalue weighted by molar-refractivity contribution is 0.357. The first-order valence-electron chi connectivity index (χ1n) is 6.10. The largest absolute Gasteiger partial charge is 0.338 e. The standard InChI is InChI=1S/C13H14N4OS/c1-8(14-7-12-15-9(2)17-18-12)13-16-10-5-3-4-6-11(10)19-13/h3-6,8,14H,7H2,1-2H3. The van der Waals surface area contributed by atoms with Gasteiger partial charge >= 0.3 is 0 Å². The van der Waals surface area contributed by atoms with Crippen LogP contribution in [0.25, 0.3) is 10.2 Å². The topological polar surface area (TPSA) is 63.8 Å². The number of benzene rings is 1. The Morgan fingerprint density at radius 3 is 2.89 bits per heavy atom. The molecule has 1 aromatic carbocycles. The molecule has 1 atom stereocenters. The third-order valence-corrected chi connectivity index (χ3v) is 4.03.